The smallest absolute Gasteiger partial charge is 0.160 e. The average Bonchev–Trinajstić information content (AvgIpc) is 2.60. The summed E-state index contributed by atoms with van der Waals surface area (Å²) in [6.45, 7) is 1.86. The van der Waals surface area contributed by atoms with Gasteiger partial charge in [-0.1, -0.05) is 36.7 Å². The summed E-state index contributed by atoms with van der Waals surface area (Å²) in [5.41, 5.74) is 7.55. The van der Waals surface area contributed by atoms with Gasteiger partial charge in [-0.3, -0.25) is 0 Å². The fourth-order valence-electron chi connectivity index (χ4n) is 2.85. The van der Waals surface area contributed by atoms with E-state index in [-0.39, 0.29) is 12.5 Å². The lowest BCUT2D eigenvalue weighted by Crippen LogP contribution is -2.47. The van der Waals surface area contributed by atoms with E-state index in [0.717, 1.165) is 11.1 Å². The van der Waals surface area contributed by atoms with Crippen molar-refractivity contribution in [3.63, 3.8) is 0 Å². The van der Waals surface area contributed by atoms with E-state index in [9.17, 15) is 5.11 Å². The number of methoxy groups -OCH3 is 2. The van der Waals surface area contributed by atoms with Crippen molar-refractivity contribution in [2.75, 3.05) is 20.8 Å². The van der Waals surface area contributed by atoms with Crippen LogP contribution in [0.2, 0.25) is 5.02 Å². The van der Waals surface area contributed by atoms with Crippen molar-refractivity contribution in [3.05, 3.63) is 58.6 Å². The highest BCUT2D eigenvalue weighted by molar-refractivity contribution is 6.30. The Labute approximate surface area is 148 Å². The minimum Gasteiger partial charge on any atom is -0.493 e. The molecule has 0 bridgehead atoms. The molecule has 0 aliphatic rings. The monoisotopic (exact) mass is 349 g/mol. The SMILES string of the molecule is COc1ccc(CC(C)C(N)(CO)c2cccc(Cl)c2)cc1OC. The molecule has 3 N–H and O–H groups in total. The molecule has 0 spiro atoms. The molecule has 130 valence electrons. The summed E-state index contributed by atoms with van der Waals surface area (Å²) in [6, 6.07) is 13.1. The first-order chi connectivity index (χ1) is 11.4. The molecule has 4 nitrogen and oxygen atoms in total. The molecule has 0 radical (unpaired) electrons. The molecule has 0 saturated heterocycles. The Balaban J connectivity index is 2.28. The molecule has 2 atom stereocenters. The molecule has 0 aromatic heterocycles. The number of halogens is 1. The first kappa shape index (κ1) is 18.6. The maximum atomic E-state index is 9.95. The largest absolute Gasteiger partial charge is 0.493 e. The molecule has 0 aliphatic heterocycles. The number of nitrogens with two attached hydrogens (primary N) is 1. The minimum absolute atomic E-state index is 0.0148. The van der Waals surface area contributed by atoms with Gasteiger partial charge in [0, 0.05) is 5.02 Å². The second-order valence-corrected chi connectivity index (χ2v) is 6.44. The van der Waals surface area contributed by atoms with E-state index >= 15 is 0 Å². The first-order valence-corrected chi connectivity index (χ1v) is 8.19. The highest BCUT2D eigenvalue weighted by atomic mass is 35.5. The van der Waals surface area contributed by atoms with Crippen LogP contribution in [0.5, 0.6) is 11.5 Å². The highest BCUT2D eigenvalue weighted by Gasteiger charge is 2.33. The molecule has 0 amide bonds. The van der Waals surface area contributed by atoms with Gasteiger partial charge in [-0.15, -0.1) is 0 Å². The Morgan fingerprint density at radius 1 is 1.12 bits per heavy atom. The van der Waals surface area contributed by atoms with Crippen molar-refractivity contribution >= 4 is 11.6 Å². The topological polar surface area (TPSA) is 64.7 Å². The molecule has 2 rings (SSSR count). The van der Waals surface area contributed by atoms with Gasteiger partial charge in [0.05, 0.1) is 26.4 Å². The molecule has 0 saturated carbocycles. The first-order valence-electron chi connectivity index (χ1n) is 7.81. The molecule has 0 heterocycles. The number of aliphatic hydroxyl groups is 1. The van der Waals surface area contributed by atoms with Crippen molar-refractivity contribution in [3.8, 4) is 11.5 Å². The van der Waals surface area contributed by atoms with Gasteiger partial charge in [-0.25, -0.2) is 0 Å². The summed E-state index contributed by atoms with van der Waals surface area (Å²) < 4.78 is 10.6. The maximum Gasteiger partial charge on any atom is 0.160 e. The van der Waals surface area contributed by atoms with Gasteiger partial charge >= 0.3 is 0 Å². The second kappa shape index (κ2) is 7.88. The molecular weight excluding hydrogens is 326 g/mol. The van der Waals surface area contributed by atoms with Crippen molar-refractivity contribution in [1.82, 2.24) is 0 Å². The molecule has 0 aliphatic carbocycles. The second-order valence-electron chi connectivity index (χ2n) is 6.00. The number of hydrogen-bond acceptors (Lipinski definition) is 4. The lowest BCUT2D eigenvalue weighted by atomic mass is 9.77. The molecule has 0 fully saturated rings. The van der Waals surface area contributed by atoms with Crippen LogP contribution in [0.1, 0.15) is 18.1 Å². The van der Waals surface area contributed by atoms with E-state index in [1.165, 1.54) is 0 Å². The number of rotatable bonds is 7. The number of ether oxygens (including phenoxy) is 2. The van der Waals surface area contributed by atoms with E-state index < -0.39 is 5.54 Å². The normalized spacial score (nSPS) is 14.8. The van der Waals surface area contributed by atoms with Crippen molar-refractivity contribution in [2.45, 2.75) is 18.9 Å². The lowest BCUT2D eigenvalue weighted by molar-refractivity contribution is 0.146. The van der Waals surface area contributed by atoms with Gasteiger partial charge in [0.1, 0.15) is 0 Å². The zero-order chi connectivity index (χ0) is 17.7. The van der Waals surface area contributed by atoms with Crippen LogP contribution in [0, 0.1) is 5.92 Å². The predicted octanol–water partition coefficient (Wildman–Crippen LogP) is 3.38. The number of benzene rings is 2. The molecular formula is C19H24ClNO3. The summed E-state index contributed by atoms with van der Waals surface area (Å²) in [4.78, 5) is 0. The van der Waals surface area contributed by atoms with Gasteiger partial charge in [0.25, 0.3) is 0 Å². The quantitative estimate of drug-likeness (QED) is 0.804. The van der Waals surface area contributed by atoms with Gasteiger partial charge in [0.2, 0.25) is 0 Å². The predicted molar refractivity (Wildman–Crippen MR) is 96.8 cm³/mol. The van der Waals surface area contributed by atoms with Crippen molar-refractivity contribution < 1.29 is 14.6 Å². The van der Waals surface area contributed by atoms with E-state index in [4.69, 9.17) is 26.8 Å². The summed E-state index contributed by atoms with van der Waals surface area (Å²) in [6.07, 6.45) is 0.684. The number of hydrogen-bond donors (Lipinski definition) is 2. The number of aliphatic hydroxyl groups excluding tert-OH is 1. The summed E-state index contributed by atoms with van der Waals surface area (Å²) in [5.74, 6) is 1.35. The Morgan fingerprint density at radius 2 is 1.83 bits per heavy atom. The Kier molecular flexibility index (Phi) is 6.10. The van der Waals surface area contributed by atoms with Crippen LogP contribution in [0.4, 0.5) is 0 Å². The van der Waals surface area contributed by atoms with Crippen molar-refractivity contribution in [2.24, 2.45) is 11.7 Å². The molecule has 2 aromatic carbocycles. The van der Waals surface area contributed by atoms with E-state index in [1.54, 1.807) is 20.3 Å². The standard InChI is InChI=1S/C19H24ClNO3/c1-13(9-14-7-8-17(23-2)18(10-14)24-3)19(21,12-22)15-5-4-6-16(20)11-15/h4-8,10-11,13,22H,9,12,21H2,1-3H3. The van der Waals surface area contributed by atoms with Crippen LogP contribution in [0.25, 0.3) is 0 Å². The third-order valence-corrected chi connectivity index (χ3v) is 4.73. The van der Waals surface area contributed by atoms with E-state index in [2.05, 4.69) is 0 Å². The fraction of sp³-hybridized carbons (Fsp3) is 0.368. The Hall–Kier alpha value is -1.75. The van der Waals surface area contributed by atoms with Gasteiger partial charge in [0.15, 0.2) is 11.5 Å². The van der Waals surface area contributed by atoms with Crippen LogP contribution >= 0.6 is 11.6 Å². The Bertz CT molecular complexity index is 692. The molecule has 5 heteroatoms. The zero-order valence-corrected chi connectivity index (χ0v) is 15.0. The maximum absolute atomic E-state index is 9.95. The van der Waals surface area contributed by atoms with Crippen LogP contribution in [0.3, 0.4) is 0 Å². The van der Waals surface area contributed by atoms with Crippen LogP contribution in [0.15, 0.2) is 42.5 Å². The van der Waals surface area contributed by atoms with E-state index in [0.29, 0.717) is 22.9 Å². The minimum atomic E-state index is -0.877. The van der Waals surface area contributed by atoms with Gasteiger partial charge < -0.3 is 20.3 Å². The average molecular weight is 350 g/mol. The highest BCUT2D eigenvalue weighted by Crippen LogP contribution is 2.33. The van der Waals surface area contributed by atoms with E-state index in [1.807, 2.05) is 43.3 Å². The van der Waals surface area contributed by atoms with Gasteiger partial charge in [-0.05, 0) is 47.7 Å². The Morgan fingerprint density at radius 3 is 2.42 bits per heavy atom. The molecule has 2 unspecified atom stereocenters. The van der Waals surface area contributed by atoms with Gasteiger partial charge in [-0.2, -0.15) is 0 Å². The fourth-order valence-corrected chi connectivity index (χ4v) is 3.04. The lowest BCUT2D eigenvalue weighted by Gasteiger charge is -2.34. The van der Waals surface area contributed by atoms with Crippen LogP contribution in [-0.2, 0) is 12.0 Å². The zero-order valence-electron chi connectivity index (χ0n) is 14.3. The third-order valence-electron chi connectivity index (χ3n) is 4.49. The summed E-state index contributed by atoms with van der Waals surface area (Å²) in [7, 11) is 3.22. The summed E-state index contributed by atoms with van der Waals surface area (Å²) >= 11 is 6.08. The van der Waals surface area contributed by atoms with Crippen LogP contribution < -0.4 is 15.2 Å². The molecule has 2 aromatic rings. The molecule has 24 heavy (non-hydrogen) atoms. The third kappa shape index (κ3) is 3.83. The summed E-state index contributed by atoms with van der Waals surface area (Å²) in [5, 5.41) is 10.6. The van der Waals surface area contributed by atoms with Crippen LogP contribution in [-0.4, -0.2) is 25.9 Å². The van der Waals surface area contributed by atoms with Crippen molar-refractivity contribution in [1.29, 1.82) is 0 Å².